The molecule has 0 aliphatic carbocycles. The Labute approximate surface area is 128 Å². The Morgan fingerprint density at radius 2 is 1.76 bits per heavy atom. The van der Waals surface area contributed by atoms with E-state index in [1.807, 2.05) is 30.3 Å². The van der Waals surface area contributed by atoms with Crippen LogP contribution in [0.2, 0.25) is 0 Å². The van der Waals surface area contributed by atoms with Gasteiger partial charge in [0.1, 0.15) is 6.04 Å². The molecule has 1 unspecified atom stereocenters. The monoisotopic (exact) mass is 303 g/mol. The van der Waals surface area contributed by atoms with Gasteiger partial charge in [0.2, 0.25) is 0 Å². The van der Waals surface area contributed by atoms with Crippen molar-refractivity contribution in [2.75, 3.05) is 0 Å². The molecule has 0 aliphatic rings. The average Bonchev–Trinajstić information content (AvgIpc) is 2.42. The first kappa shape index (κ1) is 15.4. The number of hydrogen-bond acceptors (Lipinski definition) is 3. The van der Waals surface area contributed by atoms with Crippen LogP contribution in [0.1, 0.15) is 24.2 Å². The molecule has 1 amide bonds. The number of hydrogen-bond donors (Lipinski definition) is 3. The van der Waals surface area contributed by atoms with E-state index in [0.29, 0.717) is 5.56 Å². The van der Waals surface area contributed by atoms with Crippen molar-refractivity contribution in [1.29, 1.82) is 0 Å². The highest BCUT2D eigenvalue weighted by molar-refractivity contribution is 7.81. The Hall–Kier alpha value is -2.01. The molecule has 0 aliphatic heterocycles. The van der Waals surface area contributed by atoms with Crippen molar-refractivity contribution in [1.82, 2.24) is 5.32 Å². The van der Waals surface area contributed by atoms with Crippen molar-refractivity contribution in [3.05, 3.63) is 48.0 Å². The summed E-state index contributed by atoms with van der Waals surface area (Å²) in [5.41, 5.74) is 0.428. The van der Waals surface area contributed by atoms with Crippen molar-refractivity contribution in [2.24, 2.45) is 0 Å². The number of carboxylic acids is 1. The molecule has 2 N–H and O–H groups in total. The summed E-state index contributed by atoms with van der Waals surface area (Å²) in [5.74, 6) is -1.53. The third-order valence-corrected chi connectivity index (χ3v) is 3.50. The predicted octanol–water partition coefficient (Wildman–Crippen LogP) is 2.73. The van der Waals surface area contributed by atoms with Crippen LogP contribution < -0.4 is 5.32 Å². The van der Waals surface area contributed by atoms with Gasteiger partial charge < -0.3 is 10.4 Å². The quantitative estimate of drug-likeness (QED) is 0.761. The first-order chi connectivity index (χ1) is 9.79. The number of carbonyl (C=O) groups is 2. The number of carbonyl (C=O) groups excluding carboxylic acids is 1. The summed E-state index contributed by atoms with van der Waals surface area (Å²) in [6.07, 6.45) is 0. The Balaban J connectivity index is 2.27. The van der Waals surface area contributed by atoms with Gasteiger partial charge in [-0.2, -0.15) is 12.6 Å². The second kappa shape index (κ2) is 5.77. The van der Waals surface area contributed by atoms with Gasteiger partial charge in [0.15, 0.2) is 0 Å². The van der Waals surface area contributed by atoms with Crippen LogP contribution in [0.4, 0.5) is 0 Å². The van der Waals surface area contributed by atoms with E-state index in [9.17, 15) is 14.7 Å². The third-order valence-electron chi connectivity index (χ3n) is 3.24. The number of rotatable bonds is 4. The van der Waals surface area contributed by atoms with Gasteiger partial charge in [0.05, 0.1) is 0 Å². The Bertz CT molecular complexity index is 691. The van der Waals surface area contributed by atoms with Crippen molar-refractivity contribution < 1.29 is 14.7 Å². The number of amides is 1. The predicted molar refractivity (Wildman–Crippen MR) is 85.9 cm³/mol. The summed E-state index contributed by atoms with van der Waals surface area (Å²) in [7, 11) is 0. The number of benzene rings is 2. The molecule has 0 aromatic heterocycles. The van der Waals surface area contributed by atoms with Crippen LogP contribution >= 0.6 is 12.6 Å². The standard InChI is InChI=1S/C16H17NO3S/c1-16(2,21)13(15(19)20)17-14(18)12-8-7-10-5-3-4-6-11(10)9-12/h3-9,13,21H,1-2H3,(H,17,18)(H,19,20). The molecule has 0 spiro atoms. The van der Waals surface area contributed by atoms with Crippen molar-refractivity contribution in [2.45, 2.75) is 24.6 Å². The van der Waals surface area contributed by atoms with Gasteiger partial charge in [-0.1, -0.05) is 30.3 Å². The van der Waals surface area contributed by atoms with Crippen LogP contribution in [0, 0.1) is 0 Å². The summed E-state index contributed by atoms with van der Waals surface area (Å²) in [4.78, 5) is 23.5. The molecule has 1 atom stereocenters. The minimum atomic E-state index is -1.11. The van der Waals surface area contributed by atoms with E-state index >= 15 is 0 Å². The fourth-order valence-electron chi connectivity index (χ4n) is 2.09. The topological polar surface area (TPSA) is 66.4 Å². The second-order valence-electron chi connectivity index (χ2n) is 5.46. The zero-order valence-corrected chi connectivity index (χ0v) is 12.7. The smallest absolute Gasteiger partial charge is 0.327 e. The van der Waals surface area contributed by atoms with Crippen LogP contribution in [0.5, 0.6) is 0 Å². The third kappa shape index (κ3) is 3.55. The van der Waals surface area contributed by atoms with Crippen molar-refractivity contribution >= 4 is 35.3 Å². The van der Waals surface area contributed by atoms with Crippen molar-refractivity contribution in [3.8, 4) is 0 Å². The summed E-state index contributed by atoms with van der Waals surface area (Å²) in [6, 6.07) is 11.9. The van der Waals surface area contributed by atoms with Gasteiger partial charge in [-0.3, -0.25) is 4.79 Å². The second-order valence-corrected chi connectivity index (χ2v) is 6.61. The van der Waals surface area contributed by atoms with E-state index in [4.69, 9.17) is 0 Å². The molecule has 2 aromatic carbocycles. The molecule has 0 radical (unpaired) electrons. The summed E-state index contributed by atoms with van der Waals surface area (Å²) < 4.78 is -0.863. The summed E-state index contributed by atoms with van der Waals surface area (Å²) in [6.45, 7) is 3.30. The Morgan fingerprint density at radius 3 is 2.33 bits per heavy atom. The van der Waals surface area contributed by atoms with Crippen LogP contribution in [0.3, 0.4) is 0 Å². The molecular formula is C16H17NO3S. The zero-order chi connectivity index (χ0) is 15.6. The lowest BCUT2D eigenvalue weighted by atomic mass is 10.0. The molecule has 0 fully saturated rings. The molecule has 2 aromatic rings. The van der Waals surface area contributed by atoms with E-state index in [-0.39, 0.29) is 0 Å². The highest BCUT2D eigenvalue weighted by Crippen LogP contribution is 2.19. The molecule has 5 heteroatoms. The van der Waals surface area contributed by atoms with Gasteiger partial charge in [-0.15, -0.1) is 0 Å². The fourth-order valence-corrected chi connectivity index (χ4v) is 2.26. The Kier molecular flexibility index (Phi) is 4.23. The first-order valence-corrected chi connectivity index (χ1v) is 6.98. The molecule has 2 rings (SSSR count). The molecule has 21 heavy (non-hydrogen) atoms. The molecule has 0 heterocycles. The van der Waals surface area contributed by atoms with E-state index < -0.39 is 22.7 Å². The average molecular weight is 303 g/mol. The van der Waals surface area contributed by atoms with Gasteiger partial charge in [0, 0.05) is 10.3 Å². The van der Waals surface area contributed by atoms with Gasteiger partial charge in [-0.25, -0.2) is 4.79 Å². The molecule has 110 valence electrons. The molecule has 4 nitrogen and oxygen atoms in total. The van der Waals surface area contributed by atoms with Crippen LogP contribution in [0.15, 0.2) is 42.5 Å². The SMILES string of the molecule is CC(C)(S)C(NC(=O)c1ccc2ccccc2c1)C(=O)O. The lowest BCUT2D eigenvalue weighted by molar-refractivity contribution is -0.139. The lowest BCUT2D eigenvalue weighted by Gasteiger charge is -2.26. The minimum Gasteiger partial charge on any atom is -0.480 e. The highest BCUT2D eigenvalue weighted by atomic mass is 32.1. The fraction of sp³-hybridized carbons (Fsp3) is 0.250. The van der Waals surface area contributed by atoms with Crippen molar-refractivity contribution in [3.63, 3.8) is 0 Å². The lowest BCUT2D eigenvalue weighted by Crippen LogP contribution is -2.51. The molecule has 0 saturated carbocycles. The molecule has 0 bridgehead atoms. The largest absolute Gasteiger partial charge is 0.480 e. The van der Waals surface area contributed by atoms with E-state index in [1.54, 1.807) is 26.0 Å². The minimum absolute atomic E-state index is 0.421. The summed E-state index contributed by atoms with van der Waals surface area (Å²) >= 11 is 4.24. The number of aliphatic carboxylic acids is 1. The van der Waals surface area contributed by atoms with E-state index in [1.165, 1.54) is 0 Å². The maximum atomic E-state index is 12.2. The maximum absolute atomic E-state index is 12.2. The van der Waals surface area contributed by atoms with Crippen LogP contribution in [-0.2, 0) is 4.79 Å². The highest BCUT2D eigenvalue weighted by Gasteiger charge is 2.33. The number of nitrogens with one attached hydrogen (secondary N) is 1. The maximum Gasteiger partial charge on any atom is 0.327 e. The van der Waals surface area contributed by atoms with Crippen LogP contribution in [0.25, 0.3) is 10.8 Å². The summed E-state index contributed by atoms with van der Waals surface area (Å²) in [5, 5.41) is 13.7. The normalized spacial score (nSPS) is 12.9. The number of fused-ring (bicyclic) bond motifs is 1. The number of carboxylic acid groups (broad SMARTS) is 1. The molecule has 0 saturated heterocycles. The van der Waals surface area contributed by atoms with Gasteiger partial charge in [-0.05, 0) is 36.8 Å². The van der Waals surface area contributed by atoms with E-state index in [2.05, 4.69) is 17.9 Å². The van der Waals surface area contributed by atoms with Gasteiger partial charge in [0.25, 0.3) is 5.91 Å². The molecular weight excluding hydrogens is 286 g/mol. The number of thiol groups is 1. The zero-order valence-electron chi connectivity index (χ0n) is 11.8. The Morgan fingerprint density at radius 1 is 1.14 bits per heavy atom. The van der Waals surface area contributed by atoms with E-state index in [0.717, 1.165) is 10.8 Å². The van der Waals surface area contributed by atoms with Gasteiger partial charge >= 0.3 is 5.97 Å². The first-order valence-electron chi connectivity index (χ1n) is 6.54. The van der Waals surface area contributed by atoms with Crippen LogP contribution in [-0.4, -0.2) is 27.8 Å².